The van der Waals surface area contributed by atoms with Gasteiger partial charge in [0.15, 0.2) is 44.0 Å². The number of ether oxygens (including phenoxy) is 14. The minimum atomic E-state index is -2.03. The van der Waals surface area contributed by atoms with E-state index < -0.39 is 215 Å². The van der Waals surface area contributed by atoms with Crippen molar-refractivity contribution in [1.82, 2.24) is 71.5 Å². The molecule has 0 aromatic heterocycles. The van der Waals surface area contributed by atoms with Gasteiger partial charge >= 0.3 is 0 Å². The molecule has 0 aliphatic carbocycles. The van der Waals surface area contributed by atoms with Crippen LogP contribution in [0.3, 0.4) is 0 Å². The van der Waals surface area contributed by atoms with Gasteiger partial charge in [-0.05, 0) is 91.6 Å². The summed E-state index contributed by atoms with van der Waals surface area (Å²) >= 11 is 0. The fourth-order valence-corrected chi connectivity index (χ4v) is 17.7. The maximum Gasteiger partial charge on any atom is 0.187 e. The Morgan fingerprint density at radius 3 is 0.357 bits per heavy atom. The standard InChI is InChI=1S/C84H168N14O28/c1-15-92(16-2)36-29-85-43-50-71-57(99)64(106)78(113-50)121-72-51(44-86-30-37-93(17-3)18-4)115-80(66(108)59(72)101)123-74-53(46-88-32-39-95(21-7)22-8)117-82(68(110)61(74)103)125-76-55(48-90-34-41-97(25-11)26-12)119-84(70(112)63(76)105)126-77-56(49-91-35-42-98(27-13)28-14)118-83(69(111)62(77)104)124-75-54(47-89-33-40-96(23-9)24-10)116-81(67(109)60(75)102)122-73-52(45-87-31-38-94(19-5)20-6)114-79(120-71)65(107)58(73)100/h50-91,99-112H,15-49H2,1-14H3. The molecule has 126 heavy (non-hydrogen) atoms. The third-order valence-corrected chi connectivity index (χ3v) is 26.4. The average Bonchev–Trinajstić information content (AvgIpc) is 0.790. The number of likely N-dealkylation sites (N-methyl/N-ethyl adjacent to an activating group) is 7. The first kappa shape index (κ1) is 110. The molecule has 21 aliphatic rings. The van der Waals surface area contributed by atoms with Crippen LogP contribution in [0.25, 0.3) is 0 Å². The first-order valence-electron chi connectivity index (χ1n) is 47.4. The van der Waals surface area contributed by atoms with Gasteiger partial charge in [-0.15, -0.1) is 0 Å². The van der Waals surface area contributed by atoms with E-state index in [0.29, 0.717) is 91.6 Å². The Bertz CT molecular complexity index is 2350. The van der Waals surface area contributed by atoms with Crippen molar-refractivity contribution in [1.29, 1.82) is 0 Å². The topological polar surface area (TPSA) is 519 Å². The Hall–Kier alpha value is -1.68. The number of rotatable bonds is 49. The lowest BCUT2D eigenvalue weighted by atomic mass is 9.94. The average molecular weight is 1820 g/mol. The zero-order valence-electron chi connectivity index (χ0n) is 77.6. The van der Waals surface area contributed by atoms with Gasteiger partial charge in [0, 0.05) is 137 Å². The van der Waals surface area contributed by atoms with Gasteiger partial charge in [0.05, 0.1) is 0 Å². The van der Waals surface area contributed by atoms with Gasteiger partial charge in [0.25, 0.3) is 0 Å². The monoisotopic (exact) mass is 1820 g/mol. The Labute approximate surface area is 747 Å². The van der Waals surface area contributed by atoms with Crippen molar-refractivity contribution in [2.45, 2.75) is 312 Å². The fraction of sp³-hybridized carbons (Fsp3) is 1.00. The largest absolute Gasteiger partial charge is 0.387 e. The first-order valence-corrected chi connectivity index (χ1v) is 47.4. The van der Waals surface area contributed by atoms with Gasteiger partial charge in [-0.2, -0.15) is 0 Å². The van der Waals surface area contributed by atoms with E-state index in [1.54, 1.807) is 0 Å². The fourth-order valence-electron chi connectivity index (χ4n) is 17.7. The summed E-state index contributed by atoms with van der Waals surface area (Å²) in [5.41, 5.74) is 0. The molecule has 0 aromatic rings. The van der Waals surface area contributed by atoms with Gasteiger partial charge in [-0.25, -0.2) is 0 Å². The first-order chi connectivity index (χ1) is 60.7. The van der Waals surface area contributed by atoms with Crippen LogP contribution in [-0.2, 0) is 66.3 Å². The van der Waals surface area contributed by atoms with Crippen molar-refractivity contribution >= 4 is 0 Å². The quantitative estimate of drug-likeness (QED) is 0.0252. The van der Waals surface area contributed by atoms with E-state index in [4.69, 9.17) is 66.3 Å². The zero-order valence-corrected chi connectivity index (χ0v) is 77.6. The summed E-state index contributed by atoms with van der Waals surface area (Å²) in [4.78, 5) is 15.2. The summed E-state index contributed by atoms with van der Waals surface area (Å²) < 4.78 is 93.1. The highest BCUT2D eigenvalue weighted by Gasteiger charge is 2.60. The van der Waals surface area contributed by atoms with Gasteiger partial charge in [-0.1, -0.05) is 96.9 Å². The lowest BCUT2D eigenvalue weighted by Gasteiger charge is -2.50. The van der Waals surface area contributed by atoms with Gasteiger partial charge < -0.3 is 209 Å². The summed E-state index contributed by atoms with van der Waals surface area (Å²) in [5, 5.41) is 200. The molecule has 0 radical (unpaired) electrons. The van der Waals surface area contributed by atoms with Crippen LogP contribution in [0.5, 0.6) is 0 Å². The normalized spacial score (nSPS) is 38.8. The van der Waals surface area contributed by atoms with Crippen LogP contribution < -0.4 is 37.2 Å². The van der Waals surface area contributed by atoms with E-state index in [-0.39, 0.29) is 45.8 Å². The molecule has 14 bridgehead atoms. The Morgan fingerprint density at radius 1 is 0.159 bits per heavy atom. The highest BCUT2D eigenvalue weighted by Crippen LogP contribution is 2.40. The van der Waals surface area contributed by atoms with Crippen molar-refractivity contribution in [2.24, 2.45) is 0 Å². The predicted octanol–water partition coefficient (Wildman–Crippen LogP) is -8.66. The van der Waals surface area contributed by atoms with Crippen LogP contribution in [-0.4, -0.2) is 550 Å². The molecule has 42 heteroatoms. The summed E-state index contributed by atoms with van der Waals surface area (Å²) in [7, 11) is 0. The van der Waals surface area contributed by atoms with E-state index in [9.17, 15) is 71.5 Å². The maximum absolute atomic E-state index is 12.7. The van der Waals surface area contributed by atoms with E-state index in [0.717, 1.165) is 91.6 Å². The molecule has 0 saturated carbocycles. The molecule has 21 N–H and O–H groups in total. The van der Waals surface area contributed by atoms with Crippen LogP contribution >= 0.6 is 0 Å². The predicted molar refractivity (Wildman–Crippen MR) is 463 cm³/mol. The lowest BCUT2D eigenvalue weighted by Crippen LogP contribution is -2.69. The summed E-state index contributed by atoms with van der Waals surface area (Å²) in [5.74, 6) is 0. The Morgan fingerprint density at radius 2 is 0.262 bits per heavy atom. The third-order valence-electron chi connectivity index (χ3n) is 26.4. The molecule has 0 amide bonds. The highest BCUT2D eigenvalue weighted by atomic mass is 16.8. The highest BCUT2D eigenvalue weighted by molar-refractivity contribution is 5.04. The molecular weight excluding hydrogens is 1650 g/mol. The van der Waals surface area contributed by atoms with Crippen molar-refractivity contribution in [3.05, 3.63) is 0 Å². The SMILES string of the molecule is CCN(CC)CCNCC1OC2OC3C(CNCCN(CC)CC)OC(OC4C(CNCCN(CC)CC)OC(OC5C(CNCCN(CC)CC)OC(OC6C(CNCCN(CC)CC)OC(OC7C(CNCCN(CC)CC)OC(OC8C(CNCCN(CC)CC)OC(OC1C(O)C2O)C(O)C8O)C(O)C7O)C(O)C6O)C(O)C5O)C(O)C4O)C(O)C3O. The summed E-state index contributed by atoms with van der Waals surface area (Å²) in [6.07, 6.45) is -61.0. The summed E-state index contributed by atoms with van der Waals surface area (Å²) in [6, 6.07) is 0. The molecule has 35 atom stereocenters. The number of aliphatic hydroxyl groups excluding tert-OH is 14. The summed E-state index contributed by atoms with van der Waals surface area (Å²) in [6.45, 7) is 44.7. The van der Waals surface area contributed by atoms with Crippen LogP contribution in [0.15, 0.2) is 0 Å². The van der Waals surface area contributed by atoms with Crippen LogP contribution in [0.2, 0.25) is 0 Å². The molecule has 42 nitrogen and oxygen atoms in total. The second-order valence-corrected chi connectivity index (χ2v) is 34.0. The van der Waals surface area contributed by atoms with Crippen LogP contribution in [0, 0.1) is 0 Å². The molecule has 0 aromatic carbocycles. The van der Waals surface area contributed by atoms with Crippen LogP contribution in [0.1, 0.15) is 96.9 Å². The van der Waals surface area contributed by atoms with Gasteiger partial charge in [0.1, 0.15) is 171 Å². The molecule has 35 unspecified atom stereocenters. The Balaban J connectivity index is 1.24. The van der Waals surface area contributed by atoms with Gasteiger partial charge in [0.2, 0.25) is 0 Å². The molecule has 0 spiro atoms. The molecule has 21 heterocycles. The number of hydrogen-bond acceptors (Lipinski definition) is 42. The molecule has 742 valence electrons. The van der Waals surface area contributed by atoms with E-state index in [1.807, 2.05) is 96.9 Å². The van der Waals surface area contributed by atoms with Gasteiger partial charge in [-0.3, -0.25) is 0 Å². The second-order valence-electron chi connectivity index (χ2n) is 34.0. The van der Waals surface area contributed by atoms with Crippen LogP contribution in [0.4, 0.5) is 0 Å². The molecule has 21 rings (SSSR count). The number of hydrogen-bond donors (Lipinski definition) is 21. The van der Waals surface area contributed by atoms with Crippen molar-refractivity contribution in [2.75, 3.05) is 229 Å². The molecular formula is C84H168N14O28. The lowest BCUT2D eigenvalue weighted by molar-refractivity contribution is -0.392. The number of aliphatic hydroxyl groups is 14. The van der Waals surface area contributed by atoms with E-state index >= 15 is 0 Å². The number of nitrogens with one attached hydrogen (secondary N) is 7. The minimum absolute atomic E-state index is 0.102. The minimum Gasteiger partial charge on any atom is -0.387 e. The second kappa shape index (κ2) is 56.7. The Kier molecular flexibility index (Phi) is 49.4. The molecule has 21 saturated heterocycles. The zero-order chi connectivity index (χ0) is 91.8. The van der Waals surface area contributed by atoms with Crippen molar-refractivity contribution in [3.63, 3.8) is 0 Å². The third kappa shape index (κ3) is 30.4. The van der Waals surface area contributed by atoms with E-state index in [2.05, 4.69) is 71.5 Å². The molecule has 21 fully saturated rings. The molecule has 21 aliphatic heterocycles. The maximum atomic E-state index is 12.7. The van der Waals surface area contributed by atoms with Crippen molar-refractivity contribution in [3.8, 4) is 0 Å². The van der Waals surface area contributed by atoms with E-state index in [1.165, 1.54) is 0 Å². The number of nitrogens with zero attached hydrogens (tertiary/aromatic N) is 7. The van der Waals surface area contributed by atoms with Crippen molar-refractivity contribution < 1.29 is 138 Å². The smallest absolute Gasteiger partial charge is 0.187 e.